The van der Waals surface area contributed by atoms with Crippen LogP contribution in [0, 0.1) is 0 Å². The fourth-order valence-electron chi connectivity index (χ4n) is 1.56. The van der Waals surface area contributed by atoms with Crippen LogP contribution in [-0.4, -0.2) is 12.8 Å². The van der Waals surface area contributed by atoms with E-state index >= 15 is 0 Å². The highest BCUT2D eigenvalue weighted by atomic mass is 79.9. The number of rotatable bonds is 6. The van der Waals surface area contributed by atoms with Gasteiger partial charge in [-0.3, -0.25) is 5.43 Å². The average Bonchev–Trinajstić information content (AvgIpc) is 2.47. The predicted molar refractivity (Wildman–Crippen MR) is 87.5 cm³/mol. The van der Waals surface area contributed by atoms with Gasteiger partial charge in [0.25, 0.3) is 0 Å². The first-order valence-electron chi connectivity index (χ1n) is 6.17. The third kappa shape index (κ3) is 4.24. The molecule has 1 N–H and O–H groups in total. The maximum atomic E-state index is 5.49. The molecule has 0 saturated carbocycles. The van der Waals surface area contributed by atoms with Gasteiger partial charge >= 0.3 is 0 Å². The summed E-state index contributed by atoms with van der Waals surface area (Å²) in [5.41, 5.74) is 4.90. The molecule has 20 heavy (non-hydrogen) atoms. The fraction of sp³-hybridized carbons (Fsp3) is 0.0625. The van der Waals surface area contributed by atoms with Crippen molar-refractivity contribution in [3.8, 4) is 5.75 Å². The Hall–Kier alpha value is -2.07. The maximum absolute atomic E-state index is 5.49. The third-order valence-corrected chi connectivity index (χ3v) is 3.11. The Morgan fingerprint density at radius 2 is 2.00 bits per heavy atom. The lowest BCUT2D eigenvalue weighted by Gasteiger charge is -2.06. The van der Waals surface area contributed by atoms with Gasteiger partial charge in [-0.1, -0.05) is 30.9 Å². The van der Waals surface area contributed by atoms with E-state index in [0.717, 1.165) is 21.5 Å². The summed E-state index contributed by atoms with van der Waals surface area (Å²) in [6.45, 7) is 4.11. The number of nitrogens with one attached hydrogen (secondary N) is 1. The average molecular weight is 331 g/mol. The molecular formula is C16H15BrN2O. The minimum atomic E-state index is 0.488. The number of hydrogen-bond donors (Lipinski definition) is 1. The van der Waals surface area contributed by atoms with Crippen molar-refractivity contribution in [1.29, 1.82) is 0 Å². The lowest BCUT2D eigenvalue weighted by molar-refractivity contribution is 0.361. The molecule has 0 unspecified atom stereocenters. The first-order valence-corrected chi connectivity index (χ1v) is 6.96. The first kappa shape index (κ1) is 14.3. The second kappa shape index (κ2) is 7.50. The molecule has 2 rings (SSSR count). The zero-order chi connectivity index (χ0) is 14.2. The van der Waals surface area contributed by atoms with E-state index in [-0.39, 0.29) is 0 Å². The molecule has 3 nitrogen and oxygen atoms in total. The molecule has 0 fully saturated rings. The second-order valence-electron chi connectivity index (χ2n) is 4.03. The number of nitrogens with zero attached hydrogens (tertiary/aromatic N) is 1. The summed E-state index contributed by atoms with van der Waals surface area (Å²) in [4.78, 5) is 0. The van der Waals surface area contributed by atoms with E-state index in [2.05, 4.69) is 33.0 Å². The van der Waals surface area contributed by atoms with Crippen LogP contribution in [0.3, 0.4) is 0 Å². The van der Waals surface area contributed by atoms with E-state index in [9.17, 15) is 0 Å². The molecule has 4 heteroatoms. The monoisotopic (exact) mass is 330 g/mol. The number of hydrogen-bond acceptors (Lipinski definition) is 3. The zero-order valence-electron chi connectivity index (χ0n) is 10.9. The molecule has 0 aliphatic rings. The molecular weight excluding hydrogens is 316 g/mol. The lowest BCUT2D eigenvalue weighted by Crippen LogP contribution is -1.95. The first-order chi connectivity index (χ1) is 9.79. The van der Waals surface area contributed by atoms with Gasteiger partial charge in [-0.05, 0) is 51.8 Å². The molecule has 0 aromatic heterocycles. The Labute approximate surface area is 127 Å². The largest absolute Gasteiger partial charge is 0.488 e. The summed E-state index contributed by atoms with van der Waals surface area (Å²) in [5, 5.41) is 4.19. The molecule has 2 aromatic rings. The van der Waals surface area contributed by atoms with E-state index in [1.807, 2.05) is 48.5 Å². The van der Waals surface area contributed by atoms with Crippen LogP contribution in [0.15, 0.2) is 70.8 Å². The van der Waals surface area contributed by atoms with Crippen LogP contribution in [0.2, 0.25) is 0 Å². The van der Waals surface area contributed by atoms with Crippen LogP contribution in [0.5, 0.6) is 5.75 Å². The minimum Gasteiger partial charge on any atom is -0.488 e. The second-order valence-corrected chi connectivity index (χ2v) is 4.88. The van der Waals surface area contributed by atoms with E-state index in [0.29, 0.717) is 6.61 Å². The predicted octanol–water partition coefficient (Wildman–Crippen LogP) is 4.46. The normalized spacial score (nSPS) is 10.4. The van der Waals surface area contributed by atoms with Gasteiger partial charge in [-0.2, -0.15) is 5.10 Å². The summed E-state index contributed by atoms with van der Waals surface area (Å²) in [5.74, 6) is 0.790. The van der Waals surface area contributed by atoms with Crippen LogP contribution in [0.1, 0.15) is 5.56 Å². The lowest BCUT2D eigenvalue weighted by atomic mass is 10.2. The van der Waals surface area contributed by atoms with Crippen molar-refractivity contribution >= 4 is 27.8 Å². The van der Waals surface area contributed by atoms with Gasteiger partial charge < -0.3 is 4.74 Å². The van der Waals surface area contributed by atoms with Crippen LogP contribution >= 0.6 is 15.9 Å². The Bertz CT molecular complexity index is 597. The maximum Gasteiger partial charge on any atom is 0.133 e. The van der Waals surface area contributed by atoms with Crippen LogP contribution in [-0.2, 0) is 0 Å². The summed E-state index contributed by atoms with van der Waals surface area (Å²) >= 11 is 3.47. The highest BCUT2D eigenvalue weighted by Gasteiger charge is 2.00. The van der Waals surface area contributed by atoms with Gasteiger partial charge in [-0.25, -0.2) is 0 Å². The van der Waals surface area contributed by atoms with Gasteiger partial charge in [0.1, 0.15) is 12.4 Å². The SMILES string of the molecule is C=CCOc1ccc(/C=N\Nc2ccccc2)cc1Br. The molecule has 0 saturated heterocycles. The van der Waals surface area contributed by atoms with Crippen LogP contribution < -0.4 is 10.2 Å². The molecule has 0 spiro atoms. The number of benzene rings is 2. The molecule has 0 aliphatic heterocycles. The highest BCUT2D eigenvalue weighted by molar-refractivity contribution is 9.10. The van der Waals surface area contributed by atoms with Crippen molar-refractivity contribution in [2.45, 2.75) is 0 Å². The molecule has 0 bridgehead atoms. The number of anilines is 1. The number of hydrazone groups is 1. The van der Waals surface area contributed by atoms with E-state index in [4.69, 9.17) is 4.74 Å². The Balaban J connectivity index is 1.99. The van der Waals surface area contributed by atoms with Crippen molar-refractivity contribution in [2.24, 2.45) is 5.10 Å². The number of para-hydroxylation sites is 1. The summed E-state index contributed by atoms with van der Waals surface area (Å²) in [7, 11) is 0. The summed E-state index contributed by atoms with van der Waals surface area (Å²) < 4.78 is 6.38. The Kier molecular flexibility index (Phi) is 5.38. The fourth-order valence-corrected chi connectivity index (χ4v) is 2.07. The topological polar surface area (TPSA) is 33.6 Å². The van der Waals surface area contributed by atoms with Gasteiger partial charge in [0, 0.05) is 0 Å². The van der Waals surface area contributed by atoms with Crippen molar-refractivity contribution in [3.63, 3.8) is 0 Å². The van der Waals surface area contributed by atoms with Crippen LogP contribution in [0.4, 0.5) is 5.69 Å². The molecule has 0 radical (unpaired) electrons. The summed E-state index contributed by atoms with van der Waals surface area (Å²) in [6.07, 6.45) is 3.47. The van der Waals surface area contributed by atoms with Gasteiger partial charge in [0.2, 0.25) is 0 Å². The van der Waals surface area contributed by atoms with Crippen LogP contribution in [0.25, 0.3) is 0 Å². The molecule has 2 aromatic carbocycles. The minimum absolute atomic E-state index is 0.488. The Morgan fingerprint density at radius 1 is 1.20 bits per heavy atom. The quantitative estimate of drug-likeness (QED) is 0.482. The van der Waals surface area contributed by atoms with Gasteiger partial charge in [0.05, 0.1) is 16.4 Å². The smallest absolute Gasteiger partial charge is 0.133 e. The van der Waals surface area contributed by atoms with Gasteiger partial charge in [-0.15, -0.1) is 0 Å². The highest BCUT2D eigenvalue weighted by Crippen LogP contribution is 2.25. The van der Waals surface area contributed by atoms with Gasteiger partial charge in [0.15, 0.2) is 0 Å². The Morgan fingerprint density at radius 3 is 2.70 bits per heavy atom. The van der Waals surface area contributed by atoms with E-state index < -0.39 is 0 Å². The van der Waals surface area contributed by atoms with E-state index in [1.165, 1.54) is 0 Å². The van der Waals surface area contributed by atoms with E-state index in [1.54, 1.807) is 12.3 Å². The van der Waals surface area contributed by atoms with Crippen molar-refractivity contribution in [1.82, 2.24) is 0 Å². The summed E-state index contributed by atoms with van der Waals surface area (Å²) in [6, 6.07) is 15.6. The zero-order valence-corrected chi connectivity index (χ0v) is 12.5. The standard InChI is InChI=1S/C16H15BrN2O/c1-2-10-20-16-9-8-13(11-15(16)17)12-18-19-14-6-4-3-5-7-14/h2-9,11-12,19H,1,10H2/b18-12-. The third-order valence-electron chi connectivity index (χ3n) is 2.49. The molecule has 0 amide bonds. The molecule has 102 valence electrons. The molecule has 0 heterocycles. The van der Waals surface area contributed by atoms with Crippen molar-refractivity contribution < 1.29 is 4.74 Å². The number of halogens is 1. The van der Waals surface area contributed by atoms with Crippen molar-refractivity contribution in [2.75, 3.05) is 12.0 Å². The molecule has 0 atom stereocenters. The molecule has 0 aliphatic carbocycles. The number of ether oxygens (including phenoxy) is 1. The van der Waals surface area contributed by atoms with Crippen molar-refractivity contribution in [3.05, 3.63) is 71.2 Å².